The molecular weight excluding hydrogens is 253 g/mol. The number of hydrogen-bond acceptors (Lipinski definition) is 2. The quantitative estimate of drug-likeness (QED) is 0.889. The van der Waals surface area contributed by atoms with Gasteiger partial charge in [0.25, 0.3) is 0 Å². The molecule has 0 bridgehead atoms. The molecule has 106 valence electrons. The molecule has 0 spiro atoms. The molecule has 1 unspecified atom stereocenters. The van der Waals surface area contributed by atoms with Crippen molar-refractivity contribution in [3.05, 3.63) is 65.0 Å². The fourth-order valence-electron chi connectivity index (χ4n) is 2.10. The fraction of sp³-hybridized carbons (Fsp3) is 0.294. The number of ether oxygens (including phenoxy) is 1. The van der Waals surface area contributed by atoms with Gasteiger partial charge in [-0.15, -0.1) is 0 Å². The van der Waals surface area contributed by atoms with Gasteiger partial charge in [-0.1, -0.05) is 24.3 Å². The first-order chi connectivity index (χ1) is 9.61. The van der Waals surface area contributed by atoms with Crippen molar-refractivity contribution in [3.63, 3.8) is 0 Å². The molecule has 0 heterocycles. The van der Waals surface area contributed by atoms with E-state index in [-0.39, 0.29) is 11.9 Å². The monoisotopic (exact) mass is 273 g/mol. The third-order valence-electron chi connectivity index (χ3n) is 3.51. The molecule has 2 aromatic rings. The van der Waals surface area contributed by atoms with Crippen molar-refractivity contribution >= 4 is 0 Å². The van der Waals surface area contributed by atoms with Crippen LogP contribution in [0, 0.1) is 12.7 Å². The normalized spacial score (nSPS) is 12.2. The Bertz CT molecular complexity index is 583. The molecule has 0 saturated carbocycles. The first kappa shape index (κ1) is 14.5. The summed E-state index contributed by atoms with van der Waals surface area (Å²) in [4.78, 5) is 0. The molecule has 20 heavy (non-hydrogen) atoms. The summed E-state index contributed by atoms with van der Waals surface area (Å²) >= 11 is 0. The maximum absolute atomic E-state index is 13.1. The number of hydrogen-bond donors (Lipinski definition) is 1. The zero-order chi connectivity index (χ0) is 14.5. The highest BCUT2D eigenvalue weighted by Gasteiger charge is 2.10. The molecule has 0 aliphatic heterocycles. The predicted molar refractivity (Wildman–Crippen MR) is 79.4 cm³/mol. The lowest BCUT2D eigenvalue weighted by Gasteiger charge is -2.17. The van der Waals surface area contributed by atoms with Gasteiger partial charge in [-0.25, -0.2) is 4.39 Å². The van der Waals surface area contributed by atoms with E-state index < -0.39 is 0 Å². The highest BCUT2D eigenvalue weighted by atomic mass is 19.1. The highest BCUT2D eigenvalue weighted by molar-refractivity contribution is 5.36. The first-order valence-electron chi connectivity index (χ1n) is 6.76. The van der Waals surface area contributed by atoms with Crippen LogP contribution in [0.25, 0.3) is 0 Å². The van der Waals surface area contributed by atoms with Crippen molar-refractivity contribution < 1.29 is 9.13 Å². The van der Waals surface area contributed by atoms with Gasteiger partial charge in [0, 0.05) is 11.6 Å². The lowest BCUT2D eigenvalue weighted by Crippen LogP contribution is -2.13. The van der Waals surface area contributed by atoms with Crippen LogP contribution in [0.4, 0.5) is 4.39 Å². The number of aryl methyl sites for hydroxylation is 1. The molecule has 0 aromatic heterocycles. The van der Waals surface area contributed by atoms with Gasteiger partial charge in [0.1, 0.15) is 18.2 Å². The smallest absolute Gasteiger partial charge is 0.124 e. The van der Waals surface area contributed by atoms with Crippen LogP contribution in [-0.4, -0.2) is 7.05 Å². The van der Waals surface area contributed by atoms with Crippen molar-refractivity contribution in [1.82, 2.24) is 5.32 Å². The Kier molecular flexibility index (Phi) is 4.74. The Balaban J connectivity index is 2.15. The summed E-state index contributed by atoms with van der Waals surface area (Å²) < 4.78 is 19.0. The van der Waals surface area contributed by atoms with Gasteiger partial charge in [0.05, 0.1) is 0 Å². The maximum atomic E-state index is 13.1. The summed E-state index contributed by atoms with van der Waals surface area (Å²) in [5.74, 6) is 0.647. The van der Waals surface area contributed by atoms with Crippen molar-refractivity contribution in [2.24, 2.45) is 0 Å². The van der Waals surface area contributed by atoms with Crippen molar-refractivity contribution in [2.45, 2.75) is 26.5 Å². The lowest BCUT2D eigenvalue weighted by atomic mass is 10.1. The number of para-hydroxylation sites is 1. The molecule has 2 rings (SSSR count). The van der Waals surface area contributed by atoms with Crippen molar-refractivity contribution in [3.8, 4) is 5.75 Å². The van der Waals surface area contributed by atoms with Crippen LogP contribution in [0.3, 0.4) is 0 Å². The number of benzene rings is 2. The first-order valence-corrected chi connectivity index (χ1v) is 6.76. The van der Waals surface area contributed by atoms with E-state index in [1.54, 1.807) is 6.07 Å². The van der Waals surface area contributed by atoms with E-state index in [0.29, 0.717) is 6.61 Å². The van der Waals surface area contributed by atoms with Gasteiger partial charge >= 0.3 is 0 Å². The second-order valence-electron chi connectivity index (χ2n) is 4.91. The third kappa shape index (κ3) is 3.36. The van der Waals surface area contributed by atoms with E-state index >= 15 is 0 Å². The minimum absolute atomic E-state index is 0.213. The molecule has 0 saturated heterocycles. The third-order valence-corrected chi connectivity index (χ3v) is 3.51. The SMILES string of the molecule is CNC(C)c1ccccc1OCc1ccc(F)cc1C. The predicted octanol–water partition coefficient (Wildman–Crippen LogP) is 3.99. The van der Waals surface area contributed by atoms with Gasteiger partial charge in [0.15, 0.2) is 0 Å². The van der Waals surface area contributed by atoms with Crippen LogP contribution in [0.5, 0.6) is 5.75 Å². The molecule has 0 aliphatic rings. The van der Waals surface area contributed by atoms with E-state index in [1.807, 2.05) is 38.2 Å². The minimum Gasteiger partial charge on any atom is -0.489 e. The molecule has 2 nitrogen and oxygen atoms in total. The van der Waals surface area contributed by atoms with Gasteiger partial charge in [-0.05, 0) is 50.2 Å². The Labute approximate surface area is 119 Å². The molecular formula is C17H20FNO. The fourth-order valence-corrected chi connectivity index (χ4v) is 2.10. The van der Waals surface area contributed by atoms with Crippen molar-refractivity contribution in [1.29, 1.82) is 0 Å². The van der Waals surface area contributed by atoms with E-state index in [9.17, 15) is 4.39 Å². The summed E-state index contributed by atoms with van der Waals surface area (Å²) in [5.41, 5.74) is 3.03. The zero-order valence-electron chi connectivity index (χ0n) is 12.1. The molecule has 0 fully saturated rings. The lowest BCUT2D eigenvalue weighted by molar-refractivity contribution is 0.299. The van der Waals surface area contributed by atoms with Crippen LogP contribution >= 0.6 is 0 Å². The molecule has 3 heteroatoms. The molecule has 2 aromatic carbocycles. The largest absolute Gasteiger partial charge is 0.489 e. The maximum Gasteiger partial charge on any atom is 0.124 e. The molecule has 0 radical (unpaired) electrons. The Morgan fingerprint density at radius 1 is 1.20 bits per heavy atom. The van der Waals surface area contributed by atoms with Crippen molar-refractivity contribution in [2.75, 3.05) is 7.05 Å². The summed E-state index contributed by atoms with van der Waals surface area (Å²) in [7, 11) is 1.92. The Morgan fingerprint density at radius 2 is 1.95 bits per heavy atom. The standard InChI is InChI=1S/C17H20FNO/c1-12-10-15(18)9-8-14(12)11-20-17-7-5-4-6-16(17)13(2)19-3/h4-10,13,19H,11H2,1-3H3. The number of nitrogens with one attached hydrogen (secondary N) is 1. The molecule has 0 amide bonds. The van der Waals surface area contributed by atoms with E-state index in [1.165, 1.54) is 12.1 Å². The summed E-state index contributed by atoms with van der Waals surface area (Å²) in [6.45, 7) is 4.43. The summed E-state index contributed by atoms with van der Waals surface area (Å²) in [5, 5.41) is 3.21. The average molecular weight is 273 g/mol. The summed E-state index contributed by atoms with van der Waals surface area (Å²) in [6, 6.07) is 13.0. The Morgan fingerprint density at radius 3 is 2.65 bits per heavy atom. The summed E-state index contributed by atoms with van der Waals surface area (Å²) in [6.07, 6.45) is 0. The van der Waals surface area contributed by atoms with Crippen LogP contribution in [0.1, 0.15) is 29.7 Å². The van der Waals surface area contributed by atoms with E-state index in [2.05, 4.69) is 12.2 Å². The highest BCUT2D eigenvalue weighted by Crippen LogP contribution is 2.25. The average Bonchev–Trinajstić information content (AvgIpc) is 2.46. The second-order valence-corrected chi connectivity index (χ2v) is 4.91. The van der Waals surface area contributed by atoms with Gasteiger partial charge in [-0.3, -0.25) is 0 Å². The molecule has 1 atom stereocenters. The van der Waals surface area contributed by atoms with Gasteiger partial charge in [0.2, 0.25) is 0 Å². The Hall–Kier alpha value is -1.87. The van der Waals surface area contributed by atoms with Gasteiger partial charge < -0.3 is 10.1 Å². The van der Waals surface area contributed by atoms with Crippen LogP contribution < -0.4 is 10.1 Å². The molecule has 0 aliphatic carbocycles. The second kappa shape index (κ2) is 6.53. The minimum atomic E-state index is -0.213. The molecule has 1 N–H and O–H groups in total. The van der Waals surface area contributed by atoms with Crippen LogP contribution in [-0.2, 0) is 6.61 Å². The van der Waals surface area contributed by atoms with Crippen LogP contribution in [0.2, 0.25) is 0 Å². The van der Waals surface area contributed by atoms with E-state index in [0.717, 1.165) is 22.4 Å². The topological polar surface area (TPSA) is 21.3 Å². The van der Waals surface area contributed by atoms with Gasteiger partial charge in [-0.2, -0.15) is 0 Å². The number of rotatable bonds is 5. The van der Waals surface area contributed by atoms with E-state index in [4.69, 9.17) is 4.74 Å². The zero-order valence-corrected chi connectivity index (χ0v) is 12.1. The number of halogens is 1. The van der Waals surface area contributed by atoms with Crippen LogP contribution in [0.15, 0.2) is 42.5 Å².